The number of rotatable bonds is 5. The van der Waals surface area contributed by atoms with Crippen LogP contribution in [0.15, 0.2) is 22.7 Å². The molecule has 1 amide bonds. The third-order valence-electron chi connectivity index (χ3n) is 4.32. The standard InChI is InChI=1S/C19H29BrN2O2.ClH/c1-6-13-7-8-16(15(20)9-13)24-12-17(23)21-14-10-18(2,3)22-19(4,5)11-14;/h7-9,14,22H,6,10-12H2,1-5H3,(H,21,23);1H. The summed E-state index contributed by atoms with van der Waals surface area (Å²) in [7, 11) is 0. The third kappa shape index (κ3) is 6.80. The minimum Gasteiger partial charge on any atom is -0.483 e. The molecule has 0 aliphatic carbocycles. The lowest BCUT2D eigenvalue weighted by atomic mass is 9.79. The molecule has 0 aromatic heterocycles. The van der Waals surface area contributed by atoms with Crippen molar-refractivity contribution in [1.29, 1.82) is 0 Å². The molecule has 1 heterocycles. The molecule has 0 atom stereocenters. The fourth-order valence-corrected chi connectivity index (χ4v) is 4.26. The summed E-state index contributed by atoms with van der Waals surface area (Å²) in [4.78, 5) is 12.3. The Labute approximate surface area is 166 Å². The third-order valence-corrected chi connectivity index (χ3v) is 4.94. The van der Waals surface area contributed by atoms with Crippen molar-refractivity contribution in [2.45, 2.75) is 71.0 Å². The van der Waals surface area contributed by atoms with Crippen LogP contribution in [0.2, 0.25) is 0 Å². The van der Waals surface area contributed by atoms with Crippen molar-refractivity contribution in [1.82, 2.24) is 10.6 Å². The zero-order chi connectivity index (χ0) is 18.0. The van der Waals surface area contributed by atoms with Crippen molar-refractivity contribution >= 4 is 34.2 Å². The Morgan fingerprint density at radius 2 is 1.88 bits per heavy atom. The fraction of sp³-hybridized carbons (Fsp3) is 0.632. The van der Waals surface area contributed by atoms with Gasteiger partial charge in [-0.05, 0) is 80.6 Å². The summed E-state index contributed by atoms with van der Waals surface area (Å²) in [5.41, 5.74) is 1.26. The van der Waals surface area contributed by atoms with E-state index in [4.69, 9.17) is 4.74 Å². The lowest BCUT2D eigenvalue weighted by Crippen LogP contribution is -2.62. The summed E-state index contributed by atoms with van der Waals surface area (Å²) in [6.07, 6.45) is 2.80. The molecule has 6 heteroatoms. The molecule has 1 fully saturated rings. The van der Waals surface area contributed by atoms with Gasteiger partial charge in [-0.2, -0.15) is 0 Å². The van der Waals surface area contributed by atoms with E-state index >= 15 is 0 Å². The van der Waals surface area contributed by atoms with Crippen molar-refractivity contribution < 1.29 is 9.53 Å². The van der Waals surface area contributed by atoms with E-state index in [1.165, 1.54) is 5.56 Å². The van der Waals surface area contributed by atoms with Gasteiger partial charge in [-0.3, -0.25) is 4.79 Å². The maximum atomic E-state index is 12.3. The predicted octanol–water partition coefficient (Wildman–Crippen LogP) is 4.24. The average Bonchev–Trinajstić information content (AvgIpc) is 2.42. The van der Waals surface area contributed by atoms with Crippen molar-refractivity contribution in [3.63, 3.8) is 0 Å². The molecule has 0 spiro atoms. The molecule has 142 valence electrons. The Morgan fingerprint density at radius 1 is 1.28 bits per heavy atom. The van der Waals surface area contributed by atoms with Gasteiger partial charge in [0.25, 0.3) is 5.91 Å². The van der Waals surface area contributed by atoms with Crippen LogP contribution in [0.4, 0.5) is 0 Å². The second-order valence-electron chi connectivity index (χ2n) is 7.97. The monoisotopic (exact) mass is 432 g/mol. The van der Waals surface area contributed by atoms with Gasteiger partial charge in [0, 0.05) is 17.1 Å². The molecule has 0 unspecified atom stereocenters. The first kappa shape index (κ1) is 22.3. The van der Waals surface area contributed by atoms with Gasteiger partial charge in [-0.15, -0.1) is 12.4 Å². The Bertz CT molecular complexity index is 589. The molecule has 1 aromatic carbocycles. The van der Waals surface area contributed by atoms with Gasteiger partial charge in [0.05, 0.1) is 4.47 Å². The first-order valence-electron chi connectivity index (χ1n) is 8.60. The predicted molar refractivity (Wildman–Crippen MR) is 109 cm³/mol. The average molecular weight is 434 g/mol. The highest BCUT2D eigenvalue weighted by atomic mass is 79.9. The van der Waals surface area contributed by atoms with Crippen LogP contribution in [0.5, 0.6) is 5.75 Å². The Balaban J connectivity index is 0.00000312. The highest BCUT2D eigenvalue weighted by Gasteiger charge is 2.38. The van der Waals surface area contributed by atoms with E-state index in [0.717, 1.165) is 23.7 Å². The van der Waals surface area contributed by atoms with Crippen LogP contribution in [0.25, 0.3) is 0 Å². The van der Waals surface area contributed by atoms with Crippen molar-refractivity contribution in [3.8, 4) is 5.75 Å². The van der Waals surface area contributed by atoms with E-state index in [1.807, 2.05) is 18.2 Å². The van der Waals surface area contributed by atoms with Gasteiger partial charge < -0.3 is 15.4 Å². The van der Waals surface area contributed by atoms with E-state index in [1.54, 1.807) is 0 Å². The zero-order valence-electron chi connectivity index (χ0n) is 15.7. The second-order valence-corrected chi connectivity index (χ2v) is 8.83. The zero-order valence-corrected chi connectivity index (χ0v) is 18.1. The van der Waals surface area contributed by atoms with Crippen LogP contribution >= 0.6 is 28.3 Å². The summed E-state index contributed by atoms with van der Waals surface area (Å²) in [5, 5.41) is 6.75. The van der Waals surface area contributed by atoms with Gasteiger partial charge in [0.2, 0.25) is 0 Å². The highest BCUT2D eigenvalue weighted by Crippen LogP contribution is 2.29. The molecule has 25 heavy (non-hydrogen) atoms. The van der Waals surface area contributed by atoms with Crippen molar-refractivity contribution in [3.05, 3.63) is 28.2 Å². The molecule has 1 aliphatic rings. The molecule has 2 N–H and O–H groups in total. The van der Waals surface area contributed by atoms with Gasteiger partial charge in [-0.1, -0.05) is 13.0 Å². The van der Waals surface area contributed by atoms with E-state index in [0.29, 0.717) is 5.75 Å². The lowest BCUT2D eigenvalue weighted by molar-refractivity contribution is -0.124. The number of ether oxygens (including phenoxy) is 1. The number of piperidine rings is 1. The molecule has 2 rings (SSSR count). The maximum absolute atomic E-state index is 12.3. The number of aryl methyl sites for hydroxylation is 1. The molecule has 1 aromatic rings. The molecular weight excluding hydrogens is 404 g/mol. The second kappa shape index (κ2) is 8.74. The van der Waals surface area contributed by atoms with Crippen LogP contribution in [0.1, 0.15) is 53.0 Å². The quantitative estimate of drug-likeness (QED) is 0.730. The molecule has 0 bridgehead atoms. The van der Waals surface area contributed by atoms with Gasteiger partial charge >= 0.3 is 0 Å². The van der Waals surface area contributed by atoms with E-state index in [2.05, 4.69) is 61.2 Å². The smallest absolute Gasteiger partial charge is 0.258 e. The van der Waals surface area contributed by atoms with Crippen molar-refractivity contribution in [2.24, 2.45) is 0 Å². The Hall–Kier alpha value is -0.780. The van der Waals surface area contributed by atoms with E-state index in [9.17, 15) is 4.79 Å². The lowest BCUT2D eigenvalue weighted by Gasteiger charge is -2.46. The van der Waals surface area contributed by atoms with Gasteiger partial charge in [0.1, 0.15) is 5.75 Å². The largest absolute Gasteiger partial charge is 0.483 e. The normalized spacial score (nSPS) is 19.0. The van der Waals surface area contributed by atoms with Crippen LogP contribution < -0.4 is 15.4 Å². The number of carbonyl (C=O) groups is 1. The van der Waals surface area contributed by atoms with E-state index < -0.39 is 0 Å². The number of hydrogen-bond donors (Lipinski definition) is 2. The van der Waals surface area contributed by atoms with Gasteiger partial charge in [-0.25, -0.2) is 0 Å². The van der Waals surface area contributed by atoms with Crippen LogP contribution in [-0.2, 0) is 11.2 Å². The minimum atomic E-state index is -0.0695. The minimum absolute atomic E-state index is 0. The number of amides is 1. The van der Waals surface area contributed by atoms with E-state index in [-0.39, 0.29) is 42.0 Å². The maximum Gasteiger partial charge on any atom is 0.258 e. The molecule has 4 nitrogen and oxygen atoms in total. The van der Waals surface area contributed by atoms with Crippen LogP contribution in [0, 0.1) is 0 Å². The first-order valence-corrected chi connectivity index (χ1v) is 9.39. The highest BCUT2D eigenvalue weighted by molar-refractivity contribution is 9.10. The van der Waals surface area contributed by atoms with Crippen molar-refractivity contribution in [2.75, 3.05) is 6.61 Å². The SMILES string of the molecule is CCc1ccc(OCC(=O)NC2CC(C)(C)NC(C)(C)C2)c(Br)c1.Cl. The molecule has 1 aliphatic heterocycles. The molecule has 0 radical (unpaired) electrons. The summed E-state index contributed by atoms with van der Waals surface area (Å²) in [6, 6.07) is 6.13. The van der Waals surface area contributed by atoms with Gasteiger partial charge in [0.15, 0.2) is 6.61 Å². The fourth-order valence-electron chi connectivity index (χ4n) is 3.72. The Morgan fingerprint density at radius 3 is 2.40 bits per heavy atom. The van der Waals surface area contributed by atoms with Crippen LogP contribution in [-0.4, -0.2) is 29.6 Å². The number of benzene rings is 1. The molecule has 0 saturated carbocycles. The topological polar surface area (TPSA) is 50.4 Å². The number of hydrogen-bond acceptors (Lipinski definition) is 3. The first-order chi connectivity index (χ1) is 11.1. The number of halogens is 2. The summed E-state index contributed by atoms with van der Waals surface area (Å²) >= 11 is 3.50. The summed E-state index contributed by atoms with van der Waals surface area (Å²) < 4.78 is 6.56. The molecular formula is C19H30BrClN2O2. The number of carbonyl (C=O) groups excluding carboxylic acids is 1. The molecule has 1 saturated heterocycles. The number of nitrogens with one attached hydrogen (secondary N) is 2. The van der Waals surface area contributed by atoms with Crippen LogP contribution in [0.3, 0.4) is 0 Å². The Kier molecular flexibility index (Phi) is 7.78. The summed E-state index contributed by atoms with van der Waals surface area (Å²) in [5.74, 6) is 0.633. The summed E-state index contributed by atoms with van der Waals surface area (Å²) in [6.45, 7) is 10.9.